The lowest BCUT2D eigenvalue weighted by Crippen LogP contribution is -2.31. The van der Waals surface area contributed by atoms with Gasteiger partial charge < -0.3 is 5.32 Å². The minimum absolute atomic E-state index is 0.0382. The van der Waals surface area contributed by atoms with E-state index in [1.54, 1.807) is 37.4 Å². The number of nitrogens with zero attached hydrogens (tertiary/aromatic N) is 5. The van der Waals surface area contributed by atoms with E-state index in [0.29, 0.717) is 17.3 Å². The zero-order valence-corrected chi connectivity index (χ0v) is 18.3. The van der Waals surface area contributed by atoms with Crippen molar-refractivity contribution in [3.63, 3.8) is 0 Å². The fourth-order valence-corrected chi connectivity index (χ4v) is 4.19. The molecule has 8 nitrogen and oxygen atoms in total. The number of aromatic nitrogens is 5. The number of piperidine rings is 1. The monoisotopic (exact) mass is 444 g/mol. The van der Waals surface area contributed by atoms with Gasteiger partial charge in [-0.25, -0.2) is 4.39 Å². The maximum atomic E-state index is 15.3. The van der Waals surface area contributed by atoms with Crippen molar-refractivity contribution in [3.05, 3.63) is 71.7 Å². The summed E-state index contributed by atoms with van der Waals surface area (Å²) in [6.45, 7) is 3.74. The molecular formula is C24H25FN8. The van der Waals surface area contributed by atoms with Crippen molar-refractivity contribution in [3.8, 4) is 11.1 Å². The quantitative estimate of drug-likeness (QED) is 0.330. The summed E-state index contributed by atoms with van der Waals surface area (Å²) in [5.41, 5.74) is 3.52. The van der Waals surface area contributed by atoms with Gasteiger partial charge in [0.1, 0.15) is 5.49 Å². The van der Waals surface area contributed by atoms with E-state index < -0.39 is 12.0 Å². The molecule has 1 saturated heterocycles. The van der Waals surface area contributed by atoms with Gasteiger partial charge in [0.25, 0.3) is 0 Å². The number of fused-ring (bicyclic) bond motifs is 1. The molecule has 0 aliphatic carbocycles. The number of pyridine rings is 1. The van der Waals surface area contributed by atoms with E-state index in [1.807, 2.05) is 23.1 Å². The van der Waals surface area contributed by atoms with E-state index in [1.165, 1.54) is 6.07 Å². The Labute approximate surface area is 190 Å². The number of hydrogen-bond acceptors (Lipinski definition) is 6. The molecule has 1 fully saturated rings. The van der Waals surface area contributed by atoms with Gasteiger partial charge in [-0.2, -0.15) is 14.9 Å². The lowest BCUT2D eigenvalue weighted by molar-refractivity contribution is 0.343. The number of rotatable bonds is 4. The van der Waals surface area contributed by atoms with Crippen LogP contribution in [0.5, 0.6) is 0 Å². The predicted octanol–water partition coefficient (Wildman–Crippen LogP) is 3.54. The van der Waals surface area contributed by atoms with Gasteiger partial charge in [-0.05, 0) is 68.8 Å². The topological polar surface area (TPSA) is 108 Å². The van der Waals surface area contributed by atoms with Crippen LogP contribution in [0.2, 0.25) is 0 Å². The Hall–Kier alpha value is -3.72. The van der Waals surface area contributed by atoms with Crippen LogP contribution in [0.25, 0.3) is 22.0 Å². The van der Waals surface area contributed by atoms with Crippen LogP contribution in [0, 0.1) is 17.7 Å². The molecule has 0 bridgehead atoms. The number of halogens is 1. The molecule has 3 aromatic heterocycles. The molecule has 1 aliphatic heterocycles. The summed E-state index contributed by atoms with van der Waals surface area (Å²) in [7, 11) is 0. The third kappa shape index (κ3) is 4.19. The van der Waals surface area contributed by atoms with Crippen LogP contribution in [-0.4, -0.2) is 43.5 Å². The van der Waals surface area contributed by atoms with Gasteiger partial charge in [-0.1, -0.05) is 6.07 Å². The van der Waals surface area contributed by atoms with Gasteiger partial charge in [-0.3, -0.25) is 20.5 Å². The average molecular weight is 445 g/mol. The van der Waals surface area contributed by atoms with Crippen molar-refractivity contribution >= 4 is 16.7 Å². The average Bonchev–Trinajstić information content (AvgIpc) is 3.35. The minimum Gasteiger partial charge on any atom is -0.317 e. The van der Waals surface area contributed by atoms with Gasteiger partial charge in [-0.15, -0.1) is 0 Å². The van der Waals surface area contributed by atoms with Gasteiger partial charge in [0.05, 0.1) is 23.4 Å². The van der Waals surface area contributed by atoms with E-state index in [0.717, 1.165) is 52.6 Å². The molecule has 1 unspecified atom stereocenters. The summed E-state index contributed by atoms with van der Waals surface area (Å²) in [5, 5.41) is 29.1. The van der Waals surface area contributed by atoms with E-state index in [2.05, 4.69) is 20.5 Å². The highest BCUT2D eigenvalue weighted by Gasteiger charge is 2.20. The molecule has 0 amide bonds. The Morgan fingerprint density at radius 3 is 2.76 bits per heavy atom. The Kier molecular flexibility index (Phi) is 5.55. The first-order chi connectivity index (χ1) is 16.0. The molecule has 0 saturated carbocycles. The molecule has 1 aliphatic rings. The van der Waals surface area contributed by atoms with Crippen molar-refractivity contribution in [2.75, 3.05) is 13.1 Å². The zero-order chi connectivity index (χ0) is 22.9. The molecule has 0 radical (unpaired) electrons. The lowest BCUT2D eigenvalue weighted by atomic mass is 10.0. The Bertz CT molecular complexity index is 1380. The van der Waals surface area contributed by atoms with Gasteiger partial charge in [0.15, 0.2) is 12.0 Å². The van der Waals surface area contributed by atoms with Crippen LogP contribution in [0.15, 0.2) is 55.0 Å². The van der Waals surface area contributed by atoms with Crippen LogP contribution in [0.4, 0.5) is 4.39 Å². The lowest BCUT2D eigenvalue weighted by Gasteiger charge is -2.22. The molecular weight excluding hydrogens is 419 g/mol. The largest absolute Gasteiger partial charge is 0.317 e. The summed E-state index contributed by atoms with van der Waals surface area (Å²) >= 11 is 0. The van der Waals surface area contributed by atoms with Crippen molar-refractivity contribution in [1.29, 1.82) is 10.8 Å². The number of hydrogen-bond donors (Lipinski definition) is 3. The maximum absolute atomic E-state index is 15.3. The first kappa shape index (κ1) is 21.1. The molecule has 3 N–H and O–H groups in total. The summed E-state index contributed by atoms with van der Waals surface area (Å²) in [4.78, 5) is 4.54. The molecule has 0 spiro atoms. The first-order valence-corrected chi connectivity index (χ1v) is 11.0. The summed E-state index contributed by atoms with van der Waals surface area (Å²) in [6.07, 6.45) is 6.09. The number of nitrogens with one attached hydrogen (secondary N) is 3. The van der Waals surface area contributed by atoms with Crippen molar-refractivity contribution in [2.24, 2.45) is 0 Å². The van der Waals surface area contributed by atoms with E-state index >= 15 is 4.39 Å². The molecule has 1 atom stereocenters. The minimum atomic E-state index is -1.72. The van der Waals surface area contributed by atoms with Crippen LogP contribution in [0.3, 0.4) is 0 Å². The Morgan fingerprint density at radius 2 is 1.94 bits per heavy atom. The Morgan fingerprint density at radius 1 is 1.12 bits per heavy atom. The second-order valence-corrected chi connectivity index (χ2v) is 8.39. The van der Waals surface area contributed by atoms with E-state index in [-0.39, 0.29) is 5.49 Å². The normalized spacial score (nSPS) is 15.6. The highest BCUT2D eigenvalue weighted by atomic mass is 19.1. The molecule has 5 rings (SSSR count). The highest BCUT2D eigenvalue weighted by Crippen LogP contribution is 2.28. The maximum Gasteiger partial charge on any atom is 0.184 e. The van der Waals surface area contributed by atoms with Gasteiger partial charge in [0.2, 0.25) is 0 Å². The molecule has 4 heterocycles. The zero-order valence-electron chi connectivity index (χ0n) is 18.3. The Balaban J connectivity index is 1.44. The smallest absolute Gasteiger partial charge is 0.184 e. The SMILES string of the molecule is Cc1ccc(=N)n(C(=N)C(F)c2ccc3ncc(-c4cnn(C5CCNCC5)c4)cc3c2)n1. The first-order valence-electron chi connectivity index (χ1n) is 11.0. The number of aryl methyl sites for hydroxylation is 1. The summed E-state index contributed by atoms with van der Waals surface area (Å²) < 4.78 is 18.3. The fourth-order valence-electron chi connectivity index (χ4n) is 4.19. The third-order valence-electron chi connectivity index (χ3n) is 6.05. The molecule has 9 heteroatoms. The van der Waals surface area contributed by atoms with Crippen molar-refractivity contribution in [1.82, 2.24) is 29.9 Å². The van der Waals surface area contributed by atoms with Crippen LogP contribution in [-0.2, 0) is 0 Å². The number of alkyl halides is 1. The van der Waals surface area contributed by atoms with Crippen LogP contribution >= 0.6 is 0 Å². The van der Waals surface area contributed by atoms with Crippen molar-refractivity contribution < 1.29 is 4.39 Å². The standard InChI is InChI=1S/C24H25FN8/c1-15-2-5-22(26)33(31-15)24(27)23(25)16-3-4-21-17(10-16)11-18(12-29-21)19-13-30-32(14-19)20-6-8-28-9-7-20/h2-5,10-14,20,23,26-28H,6-9H2,1H3. The number of benzene rings is 1. The fraction of sp³-hybridized carbons (Fsp3) is 0.292. The second-order valence-electron chi connectivity index (χ2n) is 8.39. The van der Waals surface area contributed by atoms with Crippen molar-refractivity contribution in [2.45, 2.75) is 32.0 Å². The summed E-state index contributed by atoms with van der Waals surface area (Å²) in [6, 6.07) is 10.6. The second kappa shape index (κ2) is 8.67. The van der Waals surface area contributed by atoms with Crippen LogP contribution < -0.4 is 10.8 Å². The molecule has 1 aromatic carbocycles. The molecule has 33 heavy (non-hydrogen) atoms. The van der Waals surface area contributed by atoms with E-state index in [4.69, 9.17) is 10.8 Å². The predicted molar refractivity (Wildman–Crippen MR) is 124 cm³/mol. The summed E-state index contributed by atoms with van der Waals surface area (Å²) in [5.74, 6) is -0.393. The van der Waals surface area contributed by atoms with Gasteiger partial charge >= 0.3 is 0 Å². The van der Waals surface area contributed by atoms with E-state index in [9.17, 15) is 0 Å². The van der Waals surface area contributed by atoms with Gasteiger partial charge in [0, 0.05) is 28.9 Å². The molecule has 168 valence electrons. The molecule has 4 aromatic rings. The van der Waals surface area contributed by atoms with Crippen LogP contribution in [0.1, 0.15) is 36.3 Å². The highest BCUT2D eigenvalue weighted by molar-refractivity contribution is 5.89. The third-order valence-corrected chi connectivity index (χ3v) is 6.05.